The van der Waals surface area contributed by atoms with Crippen molar-refractivity contribution in [3.63, 3.8) is 0 Å². The van der Waals surface area contributed by atoms with Gasteiger partial charge in [-0.2, -0.15) is 0 Å². The Balaban J connectivity index is 1.67. The molecular weight excluding hydrogens is 298 g/mol. The zero-order valence-electron chi connectivity index (χ0n) is 14.0. The first-order chi connectivity index (χ1) is 11.7. The largest absolute Gasteiger partial charge is 0.457 e. The van der Waals surface area contributed by atoms with Crippen molar-refractivity contribution in [2.24, 2.45) is 5.92 Å². The highest BCUT2D eigenvalue weighted by Crippen LogP contribution is 2.44. The number of benzene rings is 2. The number of carbonyl (C=O) groups is 1. The van der Waals surface area contributed by atoms with E-state index < -0.39 is 0 Å². The van der Waals surface area contributed by atoms with E-state index in [9.17, 15) is 4.79 Å². The van der Waals surface area contributed by atoms with Crippen molar-refractivity contribution in [2.45, 2.75) is 44.6 Å². The number of fused-ring (bicyclic) bond motifs is 2. The molecule has 1 amide bonds. The van der Waals surface area contributed by atoms with E-state index in [1.807, 2.05) is 48.5 Å². The molecule has 0 saturated heterocycles. The van der Waals surface area contributed by atoms with Crippen molar-refractivity contribution >= 4 is 5.91 Å². The molecule has 124 valence electrons. The Hall–Kier alpha value is -2.29. The van der Waals surface area contributed by atoms with Crippen molar-refractivity contribution < 1.29 is 9.53 Å². The van der Waals surface area contributed by atoms with E-state index in [0.717, 1.165) is 29.0 Å². The lowest BCUT2D eigenvalue weighted by molar-refractivity contribution is -0.123. The van der Waals surface area contributed by atoms with E-state index in [1.54, 1.807) is 0 Å². The van der Waals surface area contributed by atoms with Crippen molar-refractivity contribution in [1.82, 2.24) is 5.32 Å². The lowest BCUT2D eigenvalue weighted by atomic mass is 9.83. The fourth-order valence-corrected chi connectivity index (χ4v) is 3.99. The third kappa shape index (κ3) is 2.68. The summed E-state index contributed by atoms with van der Waals surface area (Å²) in [5.41, 5.74) is 1.91. The number of amides is 1. The van der Waals surface area contributed by atoms with Gasteiger partial charge in [0.05, 0.1) is 5.92 Å². The molecule has 2 aromatic carbocycles. The van der Waals surface area contributed by atoms with Crippen LogP contribution in [0.5, 0.6) is 11.5 Å². The Bertz CT molecular complexity index is 710. The van der Waals surface area contributed by atoms with Crippen LogP contribution >= 0.6 is 0 Å². The smallest absolute Gasteiger partial charge is 0.232 e. The molecule has 0 bridgehead atoms. The van der Waals surface area contributed by atoms with Crippen LogP contribution in [0.3, 0.4) is 0 Å². The van der Waals surface area contributed by atoms with Crippen molar-refractivity contribution in [3.8, 4) is 11.5 Å². The van der Waals surface area contributed by atoms with Gasteiger partial charge < -0.3 is 10.1 Å². The fraction of sp³-hybridized carbons (Fsp3) is 0.381. The van der Waals surface area contributed by atoms with Crippen LogP contribution in [0.1, 0.15) is 49.7 Å². The maximum atomic E-state index is 13.2. The van der Waals surface area contributed by atoms with Crippen LogP contribution in [0, 0.1) is 5.92 Å². The monoisotopic (exact) mass is 321 g/mol. The van der Waals surface area contributed by atoms with Crippen LogP contribution in [0.2, 0.25) is 0 Å². The quantitative estimate of drug-likeness (QED) is 0.876. The highest BCUT2D eigenvalue weighted by Gasteiger charge is 2.34. The average molecular weight is 321 g/mol. The first kappa shape index (κ1) is 15.3. The molecule has 1 N–H and O–H groups in total. The molecule has 1 fully saturated rings. The summed E-state index contributed by atoms with van der Waals surface area (Å²) in [5.74, 6) is 1.92. The summed E-state index contributed by atoms with van der Waals surface area (Å²) in [7, 11) is 0. The third-order valence-electron chi connectivity index (χ3n) is 5.38. The summed E-state index contributed by atoms with van der Waals surface area (Å²) in [6.45, 7) is 2.25. The van der Waals surface area contributed by atoms with Crippen LogP contribution in [-0.2, 0) is 4.79 Å². The number of carbonyl (C=O) groups excluding carboxylic acids is 1. The molecule has 0 radical (unpaired) electrons. The highest BCUT2D eigenvalue weighted by molar-refractivity contribution is 5.89. The molecule has 1 aliphatic heterocycles. The number of ether oxygens (including phenoxy) is 1. The minimum atomic E-state index is -0.291. The SMILES string of the molecule is C[C@@H]1CCCC[C@H]1NC(=O)C1c2ccccc2Oc2ccccc21. The van der Waals surface area contributed by atoms with Gasteiger partial charge in [-0.05, 0) is 30.9 Å². The minimum absolute atomic E-state index is 0.0944. The molecule has 4 rings (SSSR count). The van der Waals surface area contributed by atoms with Gasteiger partial charge in [-0.15, -0.1) is 0 Å². The molecule has 2 atom stereocenters. The molecule has 2 aromatic rings. The maximum absolute atomic E-state index is 13.2. The molecule has 0 unspecified atom stereocenters. The lowest BCUT2D eigenvalue weighted by Crippen LogP contribution is -2.43. The Kier molecular flexibility index (Phi) is 4.01. The van der Waals surface area contributed by atoms with Crippen LogP contribution in [0.15, 0.2) is 48.5 Å². The predicted molar refractivity (Wildman–Crippen MR) is 94.4 cm³/mol. The summed E-state index contributed by atoms with van der Waals surface area (Å²) >= 11 is 0. The van der Waals surface area contributed by atoms with E-state index in [0.29, 0.717) is 5.92 Å². The van der Waals surface area contributed by atoms with Crippen LogP contribution in [0.4, 0.5) is 0 Å². The normalized spacial score (nSPS) is 22.9. The van der Waals surface area contributed by atoms with Gasteiger partial charge in [-0.25, -0.2) is 0 Å². The molecule has 1 aliphatic carbocycles. The van der Waals surface area contributed by atoms with Gasteiger partial charge >= 0.3 is 0 Å². The molecule has 1 saturated carbocycles. The number of hydrogen-bond acceptors (Lipinski definition) is 2. The molecule has 2 aliphatic rings. The van der Waals surface area contributed by atoms with Crippen LogP contribution < -0.4 is 10.1 Å². The summed E-state index contributed by atoms with van der Waals surface area (Å²) in [5, 5.41) is 3.33. The lowest BCUT2D eigenvalue weighted by Gasteiger charge is -2.33. The summed E-state index contributed by atoms with van der Waals surface area (Å²) in [4.78, 5) is 13.2. The Morgan fingerprint density at radius 1 is 0.958 bits per heavy atom. The molecular formula is C21H23NO2. The first-order valence-corrected chi connectivity index (χ1v) is 8.90. The van der Waals surface area contributed by atoms with E-state index in [2.05, 4.69) is 12.2 Å². The minimum Gasteiger partial charge on any atom is -0.457 e. The molecule has 3 nitrogen and oxygen atoms in total. The number of para-hydroxylation sites is 2. The summed E-state index contributed by atoms with van der Waals surface area (Å²) in [6.07, 6.45) is 4.76. The first-order valence-electron chi connectivity index (χ1n) is 8.90. The number of rotatable bonds is 2. The van der Waals surface area contributed by atoms with Crippen molar-refractivity contribution in [1.29, 1.82) is 0 Å². The average Bonchev–Trinajstić information content (AvgIpc) is 2.61. The van der Waals surface area contributed by atoms with Crippen LogP contribution in [0.25, 0.3) is 0 Å². The number of nitrogens with one attached hydrogen (secondary N) is 1. The number of hydrogen-bond donors (Lipinski definition) is 1. The Morgan fingerprint density at radius 2 is 1.54 bits per heavy atom. The second-order valence-electron chi connectivity index (χ2n) is 6.99. The third-order valence-corrected chi connectivity index (χ3v) is 5.38. The van der Waals surface area contributed by atoms with Crippen molar-refractivity contribution in [2.75, 3.05) is 0 Å². The maximum Gasteiger partial charge on any atom is 0.232 e. The fourth-order valence-electron chi connectivity index (χ4n) is 3.99. The van der Waals surface area contributed by atoms with Gasteiger partial charge in [0.2, 0.25) is 5.91 Å². The van der Waals surface area contributed by atoms with E-state index in [1.165, 1.54) is 19.3 Å². The van der Waals surface area contributed by atoms with Crippen molar-refractivity contribution in [3.05, 3.63) is 59.7 Å². The van der Waals surface area contributed by atoms with Gasteiger partial charge in [-0.1, -0.05) is 56.2 Å². The second-order valence-corrected chi connectivity index (χ2v) is 6.99. The molecule has 1 heterocycles. The topological polar surface area (TPSA) is 38.3 Å². The highest BCUT2D eigenvalue weighted by atomic mass is 16.5. The summed E-state index contributed by atoms with van der Waals surface area (Å²) in [6, 6.07) is 16.0. The summed E-state index contributed by atoms with van der Waals surface area (Å²) < 4.78 is 5.99. The zero-order valence-corrected chi connectivity index (χ0v) is 14.0. The molecule has 24 heavy (non-hydrogen) atoms. The molecule has 3 heteroatoms. The predicted octanol–water partition coefficient (Wildman–Crippen LogP) is 4.62. The van der Waals surface area contributed by atoms with Gasteiger partial charge in [0.15, 0.2) is 0 Å². The van der Waals surface area contributed by atoms with Crippen LogP contribution in [-0.4, -0.2) is 11.9 Å². The standard InChI is InChI=1S/C21H23NO2/c1-14-8-2-5-11-17(14)22-21(23)20-15-9-3-6-12-18(15)24-19-13-7-4-10-16(19)20/h3-4,6-7,9-10,12-14,17,20H,2,5,8,11H2,1H3,(H,22,23)/t14-,17-/m1/s1. The second kappa shape index (κ2) is 6.31. The van der Waals surface area contributed by atoms with Gasteiger partial charge in [0.25, 0.3) is 0 Å². The van der Waals surface area contributed by atoms with Gasteiger partial charge in [0.1, 0.15) is 11.5 Å². The van der Waals surface area contributed by atoms with E-state index in [-0.39, 0.29) is 17.9 Å². The molecule has 0 aromatic heterocycles. The van der Waals surface area contributed by atoms with Gasteiger partial charge in [-0.3, -0.25) is 4.79 Å². The zero-order chi connectivity index (χ0) is 16.5. The van der Waals surface area contributed by atoms with Gasteiger partial charge in [0, 0.05) is 17.2 Å². The van der Waals surface area contributed by atoms with E-state index in [4.69, 9.17) is 4.74 Å². The van der Waals surface area contributed by atoms with E-state index >= 15 is 0 Å². The Labute approximate surface area is 143 Å². The Morgan fingerprint density at radius 3 is 2.17 bits per heavy atom. The molecule has 0 spiro atoms.